The Balaban J connectivity index is 1.69. The second-order valence-electron chi connectivity index (χ2n) is 8.77. The molecule has 1 aromatic carbocycles. The first kappa shape index (κ1) is 17.0. The van der Waals surface area contributed by atoms with Crippen molar-refractivity contribution in [3.8, 4) is 0 Å². The van der Waals surface area contributed by atoms with Gasteiger partial charge < -0.3 is 0 Å². The van der Waals surface area contributed by atoms with E-state index in [1.807, 2.05) is 0 Å². The van der Waals surface area contributed by atoms with Crippen molar-refractivity contribution in [2.75, 3.05) is 0 Å². The first-order valence-electron chi connectivity index (χ1n) is 9.40. The molecule has 2 nitrogen and oxygen atoms in total. The van der Waals surface area contributed by atoms with Crippen LogP contribution in [0.25, 0.3) is 0 Å². The molecule has 2 fully saturated rings. The van der Waals surface area contributed by atoms with Crippen LogP contribution in [0.5, 0.6) is 0 Å². The van der Waals surface area contributed by atoms with Gasteiger partial charge in [0.1, 0.15) is 0 Å². The topological polar surface area (TPSA) is 12.5 Å². The maximum atomic E-state index is 6.65. The van der Waals surface area contributed by atoms with Gasteiger partial charge >= 0.3 is 0 Å². The molecule has 0 radical (unpaired) electrons. The van der Waals surface area contributed by atoms with Crippen molar-refractivity contribution in [2.24, 2.45) is 0 Å². The Hall–Kier alpha value is -0.860. The largest absolute Gasteiger partial charge is 0.295 e. The Morgan fingerprint density at radius 1 is 0.913 bits per heavy atom. The van der Waals surface area contributed by atoms with Crippen molar-refractivity contribution in [1.82, 2.24) is 5.06 Å². The maximum Gasteiger partial charge on any atom is 0.0799 e. The molecule has 1 aliphatic heterocycles. The summed E-state index contributed by atoms with van der Waals surface area (Å²) >= 11 is 0. The molecule has 0 bridgehead atoms. The highest BCUT2D eigenvalue weighted by Gasteiger charge is 2.44. The van der Waals surface area contributed by atoms with Crippen molar-refractivity contribution in [2.45, 2.75) is 95.7 Å². The SMILES string of the molecule is CC1(C)CCCC(C)(C)N1OC1CCCC(c2ccccc2)C1. The predicted molar refractivity (Wildman–Crippen MR) is 96.4 cm³/mol. The Labute approximate surface area is 142 Å². The second-order valence-corrected chi connectivity index (χ2v) is 8.77. The zero-order chi connectivity index (χ0) is 16.5. The minimum absolute atomic E-state index is 0.140. The molecule has 2 heteroatoms. The number of hydroxylamine groups is 2. The number of nitrogens with zero attached hydrogens (tertiary/aromatic N) is 1. The van der Waals surface area contributed by atoms with Crippen molar-refractivity contribution in [3.63, 3.8) is 0 Å². The van der Waals surface area contributed by atoms with Gasteiger partial charge in [-0.25, -0.2) is 0 Å². The van der Waals surface area contributed by atoms with E-state index in [0.29, 0.717) is 12.0 Å². The molecule has 1 heterocycles. The van der Waals surface area contributed by atoms with E-state index in [-0.39, 0.29) is 11.1 Å². The van der Waals surface area contributed by atoms with Gasteiger partial charge in [-0.05, 0) is 77.7 Å². The van der Waals surface area contributed by atoms with Crippen molar-refractivity contribution >= 4 is 0 Å². The lowest BCUT2D eigenvalue weighted by Crippen LogP contribution is -2.59. The number of rotatable bonds is 3. The van der Waals surface area contributed by atoms with Crippen molar-refractivity contribution in [1.29, 1.82) is 0 Å². The quantitative estimate of drug-likeness (QED) is 0.710. The van der Waals surface area contributed by atoms with E-state index in [9.17, 15) is 0 Å². The van der Waals surface area contributed by atoms with E-state index in [1.165, 1.54) is 44.1 Å². The third-order valence-electron chi connectivity index (χ3n) is 5.83. The van der Waals surface area contributed by atoms with Crippen molar-refractivity contribution in [3.05, 3.63) is 35.9 Å². The summed E-state index contributed by atoms with van der Waals surface area (Å²) in [7, 11) is 0. The predicted octanol–water partition coefficient (Wildman–Crippen LogP) is 5.69. The fraction of sp³-hybridized carbons (Fsp3) is 0.714. The van der Waals surface area contributed by atoms with E-state index < -0.39 is 0 Å². The molecule has 1 saturated heterocycles. The molecule has 23 heavy (non-hydrogen) atoms. The van der Waals surface area contributed by atoms with E-state index >= 15 is 0 Å². The molecular weight excluding hydrogens is 282 g/mol. The van der Waals surface area contributed by atoms with E-state index in [0.717, 1.165) is 6.42 Å². The van der Waals surface area contributed by atoms with E-state index in [2.05, 4.69) is 63.1 Å². The lowest BCUT2D eigenvalue weighted by Gasteiger charge is -2.53. The van der Waals surface area contributed by atoms with Crippen LogP contribution in [-0.2, 0) is 4.84 Å². The fourth-order valence-electron chi connectivity index (χ4n) is 4.68. The molecule has 2 atom stereocenters. The summed E-state index contributed by atoms with van der Waals surface area (Å²) in [5.41, 5.74) is 1.76. The highest BCUT2D eigenvalue weighted by Crippen LogP contribution is 2.41. The lowest BCUT2D eigenvalue weighted by molar-refractivity contribution is -0.308. The molecule has 0 N–H and O–H groups in total. The highest BCUT2D eigenvalue weighted by atomic mass is 16.7. The molecule has 1 aromatic rings. The summed E-state index contributed by atoms with van der Waals surface area (Å²) in [6.45, 7) is 9.35. The van der Waals surface area contributed by atoms with Crippen LogP contribution in [0.1, 0.15) is 84.1 Å². The van der Waals surface area contributed by atoms with Crippen molar-refractivity contribution < 1.29 is 4.84 Å². The average molecular weight is 316 g/mol. The zero-order valence-corrected chi connectivity index (χ0v) is 15.3. The average Bonchev–Trinajstić information content (AvgIpc) is 2.52. The van der Waals surface area contributed by atoms with Gasteiger partial charge in [0.05, 0.1) is 6.10 Å². The van der Waals surface area contributed by atoms with E-state index in [4.69, 9.17) is 4.84 Å². The number of hydrogen-bond donors (Lipinski definition) is 0. The fourth-order valence-corrected chi connectivity index (χ4v) is 4.68. The smallest absolute Gasteiger partial charge is 0.0799 e. The van der Waals surface area contributed by atoms with Crippen LogP contribution in [-0.4, -0.2) is 22.2 Å². The van der Waals surface area contributed by atoms with Crippen LogP contribution >= 0.6 is 0 Å². The van der Waals surface area contributed by atoms with Crippen LogP contribution in [0.15, 0.2) is 30.3 Å². The summed E-state index contributed by atoms with van der Waals surface area (Å²) < 4.78 is 0. The molecule has 128 valence electrons. The van der Waals surface area contributed by atoms with Gasteiger partial charge in [-0.2, -0.15) is 5.06 Å². The minimum Gasteiger partial charge on any atom is -0.295 e. The first-order chi connectivity index (χ1) is 10.9. The Morgan fingerprint density at radius 2 is 1.57 bits per heavy atom. The summed E-state index contributed by atoms with van der Waals surface area (Å²) in [4.78, 5) is 6.65. The Bertz CT molecular complexity index is 492. The van der Waals surface area contributed by atoms with Crippen LogP contribution < -0.4 is 0 Å². The molecular formula is C21H33NO. The highest BCUT2D eigenvalue weighted by molar-refractivity contribution is 5.20. The minimum atomic E-state index is 0.140. The van der Waals surface area contributed by atoms with Crippen LogP contribution in [0, 0.1) is 0 Å². The lowest BCUT2D eigenvalue weighted by atomic mass is 9.81. The molecule has 2 unspecified atom stereocenters. The summed E-state index contributed by atoms with van der Waals surface area (Å²) in [5, 5.41) is 2.35. The second kappa shape index (κ2) is 6.57. The van der Waals surface area contributed by atoms with Crippen LogP contribution in [0.2, 0.25) is 0 Å². The molecule has 0 amide bonds. The summed E-state index contributed by atoms with van der Waals surface area (Å²) in [5.74, 6) is 0.658. The van der Waals surface area contributed by atoms with Gasteiger partial charge in [0, 0.05) is 11.1 Å². The molecule has 1 aliphatic carbocycles. The molecule has 0 aromatic heterocycles. The Kier molecular flexibility index (Phi) is 4.85. The third kappa shape index (κ3) is 3.80. The number of hydrogen-bond acceptors (Lipinski definition) is 2. The van der Waals surface area contributed by atoms with Gasteiger partial charge in [-0.3, -0.25) is 4.84 Å². The van der Waals surface area contributed by atoms with Gasteiger partial charge in [0.15, 0.2) is 0 Å². The van der Waals surface area contributed by atoms with Gasteiger partial charge in [0.25, 0.3) is 0 Å². The van der Waals surface area contributed by atoms with Gasteiger partial charge in [-0.1, -0.05) is 36.8 Å². The third-order valence-corrected chi connectivity index (χ3v) is 5.83. The standard InChI is InChI=1S/C21H33NO/c1-20(2)14-9-15-21(3,4)22(20)23-19-13-8-12-18(16-19)17-10-6-5-7-11-17/h5-7,10-11,18-19H,8-9,12-16H2,1-4H3. The number of piperidine rings is 1. The summed E-state index contributed by atoms with van der Waals surface area (Å²) in [6.07, 6.45) is 9.06. The zero-order valence-electron chi connectivity index (χ0n) is 15.3. The van der Waals surface area contributed by atoms with E-state index in [1.54, 1.807) is 0 Å². The van der Waals surface area contributed by atoms with Crippen LogP contribution in [0.4, 0.5) is 0 Å². The van der Waals surface area contributed by atoms with Gasteiger partial charge in [-0.15, -0.1) is 0 Å². The first-order valence-corrected chi connectivity index (χ1v) is 9.40. The Morgan fingerprint density at radius 3 is 2.22 bits per heavy atom. The summed E-state index contributed by atoms with van der Waals surface area (Å²) in [6, 6.07) is 11.0. The number of benzene rings is 1. The van der Waals surface area contributed by atoms with Gasteiger partial charge in [0.2, 0.25) is 0 Å². The normalized spacial score (nSPS) is 31.0. The maximum absolute atomic E-state index is 6.65. The molecule has 2 aliphatic rings. The monoisotopic (exact) mass is 315 g/mol. The molecule has 1 saturated carbocycles. The van der Waals surface area contributed by atoms with Crippen LogP contribution in [0.3, 0.4) is 0 Å². The molecule has 3 rings (SSSR count). The molecule has 0 spiro atoms.